The third-order valence-electron chi connectivity index (χ3n) is 2.67. The second kappa shape index (κ2) is 8.20. The van der Waals surface area contributed by atoms with Crippen LogP contribution in [0.25, 0.3) is 0 Å². The summed E-state index contributed by atoms with van der Waals surface area (Å²) in [5.41, 5.74) is 1.18. The van der Waals surface area contributed by atoms with Gasteiger partial charge in [0.15, 0.2) is 0 Å². The molecule has 0 amide bonds. The number of nitro benzene ring substituents is 1. The fourth-order valence-electron chi connectivity index (χ4n) is 1.46. The van der Waals surface area contributed by atoms with Gasteiger partial charge in [0.05, 0.1) is 9.82 Å². The van der Waals surface area contributed by atoms with Crippen molar-refractivity contribution in [1.82, 2.24) is 0 Å². The van der Waals surface area contributed by atoms with E-state index in [1.54, 1.807) is 0 Å². The molecule has 0 atom stereocenters. The van der Waals surface area contributed by atoms with E-state index in [0.29, 0.717) is 0 Å². The molecule has 2 aromatic carbocycles. The number of rotatable bonds is 3. The van der Waals surface area contributed by atoms with Gasteiger partial charge in [0.2, 0.25) is 0 Å². The van der Waals surface area contributed by atoms with Crippen molar-refractivity contribution in [2.75, 3.05) is 0 Å². The quantitative estimate of drug-likeness (QED) is 0.343. The normalized spacial score (nSPS) is 10.5. The van der Waals surface area contributed by atoms with E-state index >= 15 is 0 Å². The van der Waals surface area contributed by atoms with Gasteiger partial charge in [-0.1, -0.05) is 19.1 Å². The number of non-ortho nitro benzene ring substituents is 1. The number of benzene rings is 2. The maximum atomic E-state index is 10.5. The highest BCUT2D eigenvalue weighted by Crippen LogP contribution is 2.15. The summed E-state index contributed by atoms with van der Waals surface area (Å²) in [6, 6.07) is 12.6. The lowest BCUT2D eigenvalue weighted by molar-refractivity contribution is -0.384. The lowest BCUT2D eigenvalue weighted by Gasteiger charge is -1.94. The first-order valence-electron chi connectivity index (χ1n) is 6.20. The largest absolute Gasteiger partial charge is 0.294 e. The van der Waals surface area contributed by atoms with Crippen LogP contribution in [0.5, 0.6) is 0 Å². The summed E-state index contributed by atoms with van der Waals surface area (Å²) in [7, 11) is -4.27. The topological polar surface area (TPSA) is 97.5 Å². The van der Waals surface area contributed by atoms with E-state index in [1.807, 2.05) is 0 Å². The van der Waals surface area contributed by atoms with Gasteiger partial charge in [-0.05, 0) is 58.8 Å². The van der Waals surface area contributed by atoms with Crippen LogP contribution < -0.4 is 0 Å². The molecule has 0 bridgehead atoms. The van der Waals surface area contributed by atoms with Gasteiger partial charge in [-0.2, -0.15) is 8.42 Å². The van der Waals surface area contributed by atoms with Crippen molar-refractivity contribution in [2.24, 2.45) is 0 Å². The van der Waals surface area contributed by atoms with E-state index < -0.39 is 15.0 Å². The van der Waals surface area contributed by atoms with Crippen molar-refractivity contribution in [3.05, 3.63) is 67.8 Å². The van der Waals surface area contributed by atoms with Crippen LogP contribution in [0.2, 0.25) is 0 Å². The lowest BCUT2D eigenvalue weighted by Crippen LogP contribution is -1.97. The first kappa shape index (κ1) is 18.5. The summed E-state index contributed by atoms with van der Waals surface area (Å²) in [5, 5.41) is 10.2. The molecule has 0 aromatic heterocycles. The Morgan fingerprint density at radius 2 is 1.59 bits per heavy atom. The molecule has 1 N–H and O–H groups in total. The van der Waals surface area contributed by atoms with Gasteiger partial charge < -0.3 is 0 Å². The summed E-state index contributed by atoms with van der Waals surface area (Å²) >= 11 is 2.31. The van der Waals surface area contributed by atoms with E-state index in [9.17, 15) is 18.5 Å². The first-order chi connectivity index (χ1) is 10.2. The van der Waals surface area contributed by atoms with Gasteiger partial charge in [-0.25, -0.2) is 0 Å². The average Bonchev–Trinajstić information content (AvgIpc) is 2.48. The molecule has 8 heteroatoms. The predicted molar refractivity (Wildman–Crippen MR) is 91.4 cm³/mol. The van der Waals surface area contributed by atoms with Crippen molar-refractivity contribution in [3.63, 3.8) is 0 Å². The molecule has 0 saturated heterocycles. The van der Waals surface area contributed by atoms with Crippen LogP contribution in [0.4, 0.5) is 5.69 Å². The number of nitrogens with zero attached hydrogens (tertiary/aromatic N) is 1. The molecule has 0 spiro atoms. The standard InChI is InChI=1S/C8H9I.C6H5NO5S/c1-2-7-3-5-8(9)6-4-7;8-7(9)5-1-3-6(4-2-5)13(10,11)12/h3-6H,2H2,1H3;1-4H,(H,10,11,12). The summed E-state index contributed by atoms with van der Waals surface area (Å²) in [4.78, 5) is 9.13. The zero-order valence-electron chi connectivity index (χ0n) is 11.6. The highest BCUT2D eigenvalue weighted by molar-refractivity contribution is 14.1. The molecular weight excluding hydrogens is 421 g/mol. The molecule has 0 radical (unpaired) electrons. The van der Waals surface area contributed by atoms with Crippen LogP contribution in [0.1, 0.15) is 12.5 Å². The molecule has 0 unspecified atom stereocenters. The van der Waals surface area contributed by atoms with Crippen molar-refractivity contribution < 1.29 is 17.9 Å². The molecule has 2 aromatic rings. The van der Waals surface area contributed by atoms with Crippen LogP contribution in [-0.2, 0) is 16.5 Å². The fraction of sp³-hybridized carbons (Fsp3) is 0.143. The van der Waals surface area contributed by atoms with Gasteiger partial charge in [-0.15, -0.1) is 0 Å². The average molecular weight is 435 g/mol. The SMILES string of the molecule is CCc1ccc(I)cc1.O=[N+]([O-])c1ccc(S(=O)(=O)O)cc1. The third-order valence-corrected chi connectivity index (χ3v) is 4.25. The molecule has 118 valence electrons. The molecule has 0 aliphatic heterocycles. The van der Waals surface area contributed by atoms with E-state index in [0.717, 1.165) is 30.7 Å². The summed E-state index contributed by atoms with van der Waals surface area (Å²) in [6.07, 6.45) is 1.14. The molecule has 2 rings (SSSR count). The van der Waals surface area contributed by atoms with Crippen molar-refractivity contribution in [1.29, 1.82) is 0 Å². The monoisotopic (exact) mass is 435 g/mol. The minimum atomic E-state index is -4.27. The second-order valence-corrected chi connectivity index (χ2v) is 6.87. The number of hydrogen-bond donors (Lipinski definition) is 1. The van der Waals surface area contributed by atoms with Crippen LogP contribution in [-0.4, -0.2) is 17.9 Å². The Kier molecular flexibility index (Phi) is 6.91. The highest BCUT2D eigenvalue weighted by atomic mass is 127. The first-order valence-corrected chi connectivity index (χ1v) is 8.72. The number of hydrogen-bond acceptors (Lipinski definition) is 4. The summed E-state index contributed by atoms with van der Waals surface area (Å²) < 4.78 is 30.8. The summed E-state index contributed by atoms with van der Waals surface area (Å²) in [5.74, 6) is 0. The Bertz CT molecular complexity index is 727. The Morgan fingerprint density at radius 1 is 1.09 bits per heavy atom. The number of nitro groups is 1. The van der Waals surface area contributed by atoms with Crippen molar-refractivity contribution >= 4 is 38.4 Å². The summed E-state index contributed by atoms with van der Waals surface area (Å²) in [6.45, 7) is 2.17. The molecule has 0 fully saturated rings. The maximum Gasteiger partial charge on any atom is 0.294 e. The fourth-order valence-corrected chi connectivity index (χ4v) is 2.30. The second-order valence-electron chi connectivity index (χ2n) is 4.21. The van der Waals surface area contributed by atoms with Gasteiger partial charge >= 0.3 is 0 Å². The Labute approximate surface area is 142 Å². The van der Waals surface area contributed by atoms with Crippen molar-refractivity contribution in [3.8, 4) is 0 Å². The maximum absolute atomic E-state index is 10.5. The molecule has 0 heterocycles. The molecule has 6 nitrogen and oxygen atoms in total. The van der Waals surface area contributed by atoms with Crippen molar-refractivity contribution in [2.45, 2.75) is 18.2 Å². The highest BCUT2D eigenvalue weighted by Gasteiger charge is 2.11. The van der Waals surface area contributed by atoms with Crippen LogP contribution in [0, 0.1) is 13.7 Å². The van der Waals surface area contributed by atoms with Crippen LogP contribution in [0.15, 0.2) is 53.4 Å². The minimum Gasteiger partial charge on any atom is -0.282 e. The van der Waals surface area contributed by atoms with Gasteiger partial charge in [-0.3, -0.25) is 14.7 Å². The van der Waals surface area contributed by atoms with E-state index in [-0.39, 0.29) is 10.6 Å². The molecule has 0 saturated carbocycles. The van der Waals surface area contributed by atoms with Gasteiger partial charge in [0, 0.05) is 15.7 Å². The van der Waals surface area contributed by atoms with E-state index in [2.05, 4.69) is 53.8 Å². The Hall–Kier alpha value is -1.52. The van der Waals surface area contributed by atoms with Gasteiger partial charge in [0.1, 0.15) is 0 Å². The van der Waals surface area contributed by atoms with Crippen LogP contribution in [0.3, 0.4) is 0 Å². The zero-order valence-corrected chi connectivity index (χ0v) is 14.6. The Balaban J connectivity index is 0.000000235. The molecule has 0 aliphatic rings. The minimum absolute atomic E-state index is 0.229. The van der Waals surface area contributed by atoms with Gasteiger partial charge in [0.25, 0.3) is 15.8 Å². The zero-order chi connectivity index (χ0) is 16.8. The predicted octanol–water partition coefficient (Wildman–Crippen LogP) is 3.70. The molecular formula is C14H14INO5S. The smallest absolute Gasteiger partial charge is 0.282 e. The molecule has 0 aliphatic carbocycles. The number of halogens is 1. The van der Waals surface area contributed by atoms with E-state index in [1.165, 1.54) is 9.13 Å². The van der Waals surface area contributed by atoms with Crippen LogP contribution >= 0.6 is 22.6 Å². The van der Waals surface area contributed by atoms with E-state index in [4.69, 9.17) is 4.55 Å². The third kappa shape index (κ3) is 6.08. The molecule has 22 heavy (non-hydrogen) atoms. The Morgan fingerprint density at radius 3 is 1.95 bits per heavy atom. The lowest BCUT2D eigenvalue weighted by atomic mass is 10.2. The number of aryl methyl sites for hydroxylation is 1.